The van der Waals surface area contributed by atoms with E-state index in [2.05, 4.69) is 26.2 Å². The van der Waals surface area contributed by atoms with Crippen LogP contribution in [0.15, 0.2) is 40.3 Å². The summed E-state index contributed by atoms with van der Waals surface area (Å²) in [5.74, 6) is -2.13. The van der Waals surface area contributed by atoms with Crippen LogP contribution in [-0.2, 0) is 9.47 Å². The van der Waals surface area contributed by atoms with E-state index in [0.717, 1.165) is 19.4 Å². The molecular formula is C15H14F4N2O3. The Balaban J connectivity index is 3.05. The van der Waals surface area contributed by atoms with Gasteiger partial charge >= 0.3 is 12.1 Å². The highest BCUT2D eigenvalue weighted by Gasteiger charge is 2.28. The van der Waals surface area contributed by atoms with Crippen LogP contribution in [0.5, 0.6) is 0 Å². The highest BCUT2D eigenvalue weighted by atomic mass is 19.4. The lowest BCUT2D eigenvalue weighted by atomic mass is 10.1. The Bertz CT molecular complexity index is 682. The molecule has 0 aromatic heterocycles. The minimum atomic E-state index is -4.54. The van der Waals surface area contributed by atoms with Crippen LogP contribution >= 0.6 is 0 Å². The van der Waals surface area contributed by atoms with Crippen LogP contribution in [0.3, 0.4) is 0 Å². The molecule has 0 atom stereocenters. The summed E-state index contributed by atoms with van der Waals surface area (Å²) in [5, 5.41) is 0. The molecule has 0 saturated heterocycles. The maximum Gasteiger partial charge on any atom is 0.422 e. The van der Waals surface area contributed by atoms with Crippen LogP contribution in [0.4, 0.5) is 17.6 Å². The zero-order valence-corrected chi connectivity index (χ0v) is 12.9. The molecule has 24 heavy (non-hydrogen) atoms. The first-order valence-corrected chi connectivity index (χ1v) is 6.47. The highest BCUT2D eigenvalue weighted by molar-refractivity contribution is 6.00. The molecule has 0 aliphatic heterocycles. The molecule has 0 amide bonds. The first-order valence-electron chi connectivity index (χ1n) is 6.47. The maximum atomic E-state index is 13.9. The van der Waals surface area contributed by atoms with Gasteiger partial charge in [-0.3, -0.25) is 4.99 Å². The predicted molar refractivity (Wildman–Crippen MR) is 79.6 cm³/mol. The highest BCUT2D eigenvalue weighted by Crippen LogP contribution is 2.18. The SMILES string of the molecule is C=N/C=C(\N=C(/C)c1ccc(C(=O)OC)c(F)c1)OCC(F)(F)F. The van der Waals surface area contributed by atoms with E-state index in [-0.39, 0.29) is 16.8 Å². The first kappa shape index (κ1) is 19.3. The molecule has 1 aromatic carbocycles. The van der Waals surface area contributed by atoms with Crippen molar-refractivity contribution in [2.45, 2.75) is 13.1 Å². The molecule has 0 unspecified atom stereocenters. The fraction of sp³-hybridized carbons (Fsp3) is 0.267. The molecule has 5 nitrogen and oxygen atoms in total. The van der Waals surface area contributed by atoms with E-state index in [1.165, 1.54) is 19.1 Å². The monoisotopic (exact) mass is 346 g/mol. The number of hydrogen-bond donors (Lipinski definition) is 0. The number of methoxy groups -OCH3 is 1. The zero-order chi connectivity index (χ0) is 18.3. The van der Waals surface area contributed by atoms with Crippen molar-refractivity contribution in [1.82, 2.24) is 0 Å². The van der Waals surface area contributed by atoms with Crippen molar-refractivity contribution in [2.24, 2.45) is 9.98 Å². The van der Waals surface area contributed by atoms with Gasteiger partial charge in [0.15, 0.2) is 6.61 Å². The first-order chi connectivity index (χ1) is 11.2. The zero-order valence-electron chi connectivity index (χ0n) is 12.9. The lowest BCUT2D eigenvalue weighted by Crippen LogP contribution is -2.16. The molecule has 0 fully saturated rings. The molecule has 130 valence electrons. The third-order valence-electron chi connectivity index (χ3n) is 2.66. The molecule has 0 heterocycles. The van der Waals surface area contributed by atoms with Crippen LogP contribution in [0.1, 0.15) is 22.8 Å². The van der Waals surface area contributed by atoms with Gasteiger partial charge in [-0.2, -0.15) is 13.2 Å². The van der Waals surface area contributed by atoms with E-state index < -0.39 is 30.5 Å². The number of hydrogen-bond acceptors (Lipinski definition) is 5. The van der Waals surface area contributed by atoms with Gasteiger partial charge in [-0.15, -0.1) is 0 Å². The Morgan fingerprint density at radius 1 is 1.38 bits per heavy atom. The van der Waals surface area contributed by atoms with Crippen molar-refractivity contribution < 1.29 is 31.8 Å². The summed E-state index contributed by atoms with van der Waals surface area (Å²) >= 11 is 0. The van der Waals surface area contributed by atoms with Crippen LogP contribution in [0.25, 0.3) is 0 Å². The number of ether oxygens (including phenoxy) is 2. The second-order valence-corrected chi connectivity index (χ2v) is 4.44. The molecule has 0 aliphatic carbocycles. The van der Waals surface area contributed by atoms with Gasteiger partial charge in [-0.05, 0) is 31.3 Å². The fourth-order valence-corrected chi connectivity index (χ4v) is 1.58. The largest absolute Gasteiger partial charge is 0.467 e. The Kier molecular flexibility index (Phi) is 6.63. The number of benzene rings is 1. The number of nitrogens with zero attached hydrogens (tertiary/aromatic N) is 2. The summed E-state index contributed by atoms with van der Waals surface area (Å²) in [6.45, 7) is 2.99. The van der Waals surface area contributed by atoms with Crippen molar-refractivity contribution >= 4 is 18.4 Å². The Morgan fingerprint density at radius 3 is 2.54 bits per heavy atom. The summed E-state index contributed by atoms with van der Waals surface area (Å²) in [4.78, 5) is 18.4. The van der Waals surface area contributed by atoms with Crippen LogP contribution in [0.2, 0.25) is 0 Å². The van der Waals surface area contributed by atoms with Gasteiger partial charge in [0, 0.05) is 5.71 Å². The van der Waals surface area contributed by atoms with Gasteiger partial charge < -0.3 is 9.47 Å². The third kappa shape index (κ3) is 5.82. The molecule has 0 aliphatic rings. The quantitative estimate of drug-likeness (QED) is 0.343. The van der Waals surface area contributed by atoms with E-state index in [1.54, 1.807) is 0 Å². The van der Waals surface area contributed by atoms with E-state index in [9.17, 15) is 22.4 Å². The molecule has 0 bridgehead atoms. The summed E-state index contributed by atoms with van der Waals surface area (Å²) in [6.07, 6.45) is -3.65. The fourth-order valence-electron chi connectivity index (χ4n) is 1.58. The number of carbonyl (C=O) groups is 1. The van der Waals surface area contributed by atoms with Gasteiger partial charge in [0.05, 0.1) is 18.9 Å². The lowest BCUT2D eigenvalue weighted by molar-refractivity contribution is -0.165. The molecule has 0 saturated carbocycles. The smallest absolute Gasteiger partial charge is 0.422 e. The van der Waals surface area contributed by atoms with Crippen LogP contribution in [0, 0.1) is 5.82 Å². The Labute approximate surface area is 135 Å². The number of halogens is 4. The molecule has 9 heteroatoms. The molecule has 1 rings (SSSR count). The minimum absolute atomic E-state index is 0.155. The third-order valence-corrected chi connectivity index (χ3v) is 2.66. The van der Waals surface area contributed by atoms with Crippen molar-refractivity contribution in [3.63, 3.8) is 0 Å². The van der Waals surface area contributed by atoms with Gasteiger partial charge in [0.25, 0.3) is 0 Å². The second kappa shape index (κ2) is 8.23. The molecule has 0 radical (unpaired) electrons. The topological polar surface area (TPSA) is 60.2 Å². The molecule has 1 aromatic rings. The summed E-state index contributed by atoms with van der Waals surface area (Å²) in [5.41, 5.74) is 0.124. The molecule has 0 spiro atoms. The van der Waals surface area contributed by atoms with E-state index in [1.807, 2.05) is 0 Å². The number of carbonyl (C=O) groups excluding carboxylic acids is 1. The predicted octanol–water partition coefficient (Wildman–Crippen LogP) is 3.50. The minimum Gasteiger partial charge on any atom is -0.467 e. The average molecular weight is 346 g/mol. The van der Waals surface area contributed by atoms with E-state index in [4.69, 9.17) is 0 Å². The standard InChI is InChI=1S/C15H14F4N2O3/c1-9(21-13(7-20-2)24-8-15(17,18)19)10-4-5-11(12(16)6-10)14(22)23-3/h4-7H,2,8H2,1,3H3/b13-7+,21-9+. The van der Waals surface area contributed by atoms with Crippen molar-refractivity contribution in [2.75, 3.05) is 13.7 Å². The molecular weight excluding hydrogens is 332 g/mol. The van der Waals surface area contributed by atoms with Gasteiger partial charge in [0.2, 0.25) is 5.88 Å². The summed E-state index contributed by atoms with van der Waals surface area (Å²) < 4.78 is 59.3. The van der Waals surface area contributed by atoms with Crippen molar-refractivity contribution in [3.8, 4) is 0 Å². The second-order valence-electron chi connectivity index (χ2n) is 4.44. The van der Waals surface area contributed by atoms with Crippen LogP contribution in [-0.4, -0.2) is 38.3 Å². The van der Waals surface area contributed by atoms with Gasteiger partial charge in [-0.1, -0.05) is 6.07 Å². The number of rotatable bonds is 6. The number of esters is 1. The van der Waals surface area contributed by atoms with Crippen molar-refractivity contribution in [3.05, 3.63) is 47.2 Å². The number of aliphatic imine (C=N–C) groups is 2. The normalized spacial score (nSPS) is 12.8. The van der Waals surface area contributed by atoms with Gasteiger partial charge in [-0.25, -0.2) is 14.2 Å². The van der Waals surface area contributed by atoms with Gasteiger partial charge in [0.1, 0.15) is 5.82 Å². The lowest BCUT2D eigenvalue weighted by Gasteiger charge is -2.10. The Morgan fingerprint density at radius 2 is 2.04 bits per heavy atom. The molecule has 0 N–H and O–H groups in total. The van der Waals surface area contributed by atoms with E-state index in [0.29, 0.717) is 0 Å². The van der Waals surface area contributed by atoms with E-state index >= 15 is 0 Å². The maximum absolute atomic E-state index is 13.9. The van der Waals surface area contributed by atoms with Crippen molar-refractivity contribution in [1.29, 1.82) is 0 Å². The summed E-state index contributed by atoms with van der Waals surface area (Å²) in [7, 11) is 1.11. The number of alkyl halides is 3. The Hall–Kier alpha value is -2.71. The summed E-state index contributed by atoms with van der Waals surface area (Å²) in [6, 6.07) is 3.56. The average Bonchev–Trinajstić information content (AvgIpc) is 2.51. The van der Waals surface area contributed by atoms with Crippen LogP contribution < -0.4 is 0 Å².